The van der Waals surface area contributed by atoms with Gasteiger partial charge in [0.1, 0.15) is 5.82 Å². The summed E-state index contributed by atoms with van der Waals surface area (Å²) in [4.78, 5) is 27.9. The van der Waals surface area contributed by atoms with Crippen LogP contribution in [0, 0.1) is 17.3 Å². The maximum atomic E-state index is 12.4. The average molecular weight is 371 g/mol. The normalized spacial score (nSPS) is 21.7. The van der Waals surface area contributed by atoms with Gasteiger partial charge in [-0.3, -0.25) is 15.1 Å². The second kappa shape index (κ2) is 7.38. The molecule has 1 saturated carbocycles. The number of hydrogen-bond acceptors (Lipinski definition) is 4. The van der Waals surface area contributed by atoms with E-state index in [0.717, 1.165) is 5.69 Å². The molecular formula is C19H25N5O3. The summed E-state index contributed by atoms with van der Waals surface area (Å²) in [5.41, 5.74) is 0.494. The number of pyridine rings is 1. The number of amides is 2. The molecule has 8 heteroatoms. The summed E-state index contributed by atoms with van der Waals surface area (Å²) in [6.45, 7) is 6.25. The van der Waals surface area contributed by atoms with Crippen LogP contribution in [0.4, 0.5) is 10.6 Å². The number of hydrogen-bond donors (Lipinski definition) is 3. The van der Waals surface area contributed by atoms with E-state index in [9.17, 15) is 14.7 Å². The van der Waals surface area contributed by atoms with Gasteiger partial charge in [0, 0.05) is 18.3 Å². The number of nitrogens with one attached hydrogen (secondary N) is 2. The van der Waals surface area contributed by atoms with Gasteiger partial charge in [0.2, 0.25) is 0 Å². The molecule has 3 atom stereocenters. The van der Waals surface area contributed by atoms with Gasteiger partial charge >= 0.3 is 12.0 Å². The van der Waals surface area contributed by atoms with Gasteiger partial charge in [0.15, 0.2) is 0 Å². The summed E-state index contributed by atoms with van der Waals surface area (Å²) in [6, 6.07) is 6.89. The molecule has 0 bridgehead atoms. The number of nitrogens with zero attached hydrogens (tertiary/aromatic N) is 3. The monoisotopic (exact) mass is 371 g/mol. The molecule has 0 saturated heterocycles. The molecule has 1 unspecified atom stereocenters. The maximum absolute atomic E-state index is 12.4. The van der Waals surface area contributed by atoms with Gasteiger partial charge in [-0.05, 0) is 36.8 Å². The first-order valence-corrected chi connectivity index (χ1v) is 9.01. The number of rotatable bonds is 6. The second-order valence-corrected chi connectivity index (χ2v) is 7.64. The SMILES string of the molecule is CC(NC(=O)Nc1ccnn1Cc1ccccn1)[C@@H]1C[C@H](C(=O)O)C1(C)C. The molecule has 1 aliphatic rings. The van der Waals surface area contributed by atoms with Crippen LogP contribution in [0.5, 0.6) is 0 Å². The summed E-state index contributed by atoms with van der Waals surface area (Å²) >= 11 is 0. The van der Waals surface area contributed by atoms with Crippen LogP contribution in [0.3, 0.4) is 0 Å². The molecule has 0 aromatic carbocycles. The van der Waals surface area contributed by atoms with Crippen molar-refractivity contribution in [3.8, 4) is 0 Å². The lowest BCUT2D eigenvalue weighted by molar-refractivity contribution is -0.160. The van der Waals surface area contributed by atoms with Crippen LogP contribution >= 0.6 is 0 Å². The van der Waals surface area contributed by atoms with Gasteiger partial charge in [0.25, 0.3) is 0 Å². The predicted octanol–water partition coefficient (Wildman–Crippen LogP) is 2.58. The van der Waals surface area contributed by atoms with Crippen molar-refractivity contribution >= 4 is 17.8 Å². The van der Waals surface area contributed by atoms with Crippen LogP contribution < -0.4 is 10.6 Å². The van der Waals surface area contributed by atoms with E-state index in [1.165, 1.54) is 0 Å². The molecule has 3 rings (SSSR count). The Morgan fingerprint density at radius 2 is 2.11 bits per heavy atom. The number of carbonyl (C=O) groups excluding carboxylic acids is 1. The molecule has 3 N–H and O–H groups in total. The Morgan fingerprint density at radius 1 is 1.33 bits per heavy atom. The first-order valence-electron chi connectivity index (χ1n) is 9.01. The fourth-order valence-corrected chi connectivity index (χ4v) is 3.90. The maximum Gasteiger partial charge on any atom is 0.320 e. The number of carboxylic acids is 1. The molecule has 1 fully saturated rings. The average Bonchev–Trinajstić information content (AvgIpc) is 3.01. The van der Waals surface area contributed by atoms with Crippen LogP contribution in [0.25, 0.3) is 0 Å². The second-order valence-electron chi connectivity index (χ2n) is 7.64. The van der Waals surface area contributed by atoms with Crippen molar-refractivity contribution in [1.29, 1.82) is 0 Å². The highest BCUT2D eigenvalue weighted by molar-refractivity contribution is 5.88. The Labute approximate surface area is 158 Å². The summed E-state index contributed by atoms with van der Waals surface area (Å²) in [7, 11) is 0. The molecular weight excluding hydrogens is 346 g/mol. The Bertz CT molecular complexity index is 818. The van der Waals surface area contributed by atoms with Gasteiger partial charge < -0.3 is 10.4 Å². The summed E-state index contributed by atoms with van der Waals surface area (Å²) in [6.07, 6.45) is 3.90. The Morgan fingerprint density at radius 3 is 2.74 bits per heavy atom. The van der Waals surface area contributed by atoms with Gasteiger partial charge in [-0.1, -0.05) is 19.9 Å². The topological polar surface area (TPSA) is 109 Å². The summed E-state index contributed by atoms with van der Waals surface area (Å²) in [5, 5.41) is 19.2. The Balaban J connectivity index is 1.58. The fourth-order valence-electron chi connectivity index (χ4n) is 3.90. The van der Waals surface area contributed by atoms with Crippen molar-refractivity contribution < 1.29 is 14.7 Å². The van der Waals surface area contributed by atoms with Crippen LogP contribution in [0.15, 0.2) is 36.7 Å². The van der Waals surface area contributed by atoms with Crippen molar-refractivity contribution in [2.24, 2.45) is 17.3 Å². The lowest BCUT2D eigenvalue weighted by Gasteiger charge is -2.52. The molecule has 1 aliphatic carbocycles. The quantitative estimate of drug-likeness (QED) is 0.723. The standard InChI is InChI=1S/C19H25N5O3/c1-12(14-10-15(17(25)26)19(14,2)3)22-18(27)23-16-7-9-21-24(16)11-13-6-4-5-8-20-13/h4-9,12,14-15H,10-11H2,1-3H3,(H,25,26)(H2,22,23,27)/t12?,14-,15+/m0/s1. The molecule has 2 aromatic heterocycles. The summed E-state index contributed by atoms with van der Waals surface area (Å²) < 4.78 is 1.67. The van der Waals surface area contributed by atoms with E-state index < -0.39 is 5.97 Å². The number of anilines is 1. The molecule has 2 aromatic rings. The highest BCUT2D eigenvalue weighted by Crippen LogP contribution is 2.52. The van der Waals surface area contributed by atoms with Crippen LogP contribution in [-0.2, 0) is 11.3 Å². The largest absolute Gasteiger partial charge is 0.481 e. The molecule has 0 radical (unpaired) electrons. The minimum Gasteiger partial charge on any atom is -0.481 e. The third-order valence-electron chi connectivity index (χ3n) is 5.60. The Kier molecular flexibility index (Phi) is 5.16. The van der Waals surface area contributed by atoms with E-state index >= 15 is 0 Å². The number of urea groups is 1. The van der Waals surface area contributed by atoms with E-state index in [-0.39, 0.29) is 29.3 Å². The molecule has 144 valence electrons. The molecule has 0 spiro atoms. The van der Waals surface area contributed by atoms with Gasteiger partial charge in [0.05, 0.1) is 24.4 Å². The first kappa shape index (κ1) is 18.9. The Hall–Kier alpha value is -2.90. The van der Waals surface area contributed by atoms with E-state index in [1.54, 1.807) is 23.1 Å². The lowest BCUT2D eigenvalue weighted by atomic mass is 9.53. The molecule has 2 heterocycles. The zero-order valence-electron chi connectivity index (χ0n) is 15.7. The molecule has 8 nitrogen and oxygen atoms in total. The highest BCUT2D eigenvalue weighted by atomic mass is 16.4. The smallest absolute Gasteiger partial charge is 0.320 e. The van der Waals surface area contributed by atoms with Gasteiger partial charge in [-0.15, -0.1) is 0 Å². The zero-order valence-corrected chi connectivity index (χ0v) is 15.7. The fraction of sp³-hybridized carbons (Fsp3) is 0.474. The first-order chi connectivity index (χ1) is 12.8. The van der Waals surface area contributed by atoms with Crippen molar-refractivity contribution in [3.05, 3.63) is 42.4 Å². The number of carboxylic acid groups (broad SMARTS) is 1. The third kappa shape index (κ3) is 3.94. The van der Waals surface area contributed by atoms with Crippen molar-refractivity contribution in [1.82, 2.24) is 20.1 Å². The predicted molar refractivity (Wildman–Crippen MR) is 100 cm³/mol. The van der Waals surface area contributed by atoms with E-state index in [0.29, 0.717) is 18.8 Å². The molecule has 27 heavy (non-hydrogen) atoms. The van der Waals surface area contributed by atoms with Crippen LogP contribution in [0.2, 0.25) is 0 Å². The van der Waals surface area contributed by atoms with Crippen LogP contribution in [0.1, 0.15) is 32.9 Å². The number of aromatic nitrogens is 3. The third-order valence-corrected chi connectivity index (χ3v) is 5.60. The van der Waals surface area contributed by atoms with Crippen LogP contribution in [-0.4, -0.2) is 37.9 Å². The number of carbonyl (C=O) groups is 2. The lowest BCUT2D eigenvalue weighted by Crippen LogP contribution is -2.57. The van der Waals surface area contributed by atoms with Crippen molar-refractivity contribution in [2.45, 2.75) is 39.8 Å². The summed E-state index contributed by atoms with van der Waals surface area (Å²) in [5.74, 6) is -0.453. The van der Waals surface area contributed by atoms with E-state index in [4.69, 9.17) is 0 Å². The van der Waals surface area contributed by atoms with Crippen molar-refractivity contribution in [2.75, 3.05) is 5.32 Å². The molecule has 0 aliphatic heterocycles. The van der Waals surface area contributed by atoms with Gasteiger partial charge in [-0.2, -0.15) is 5.10 Å². The van der Waals surface area contributed by atoms with E-state index in [1.807, 2.05) is 39.0 Å². The van der Waals surface area contributed by atoms with E-state index in [2.05, 4.69) is 20.7 Å². The van der Waals surface area contributed by atoms with Crippen molar-refractivity contribution in [3.63, 3.8) is 0 Å². The highest BCUT2D eigenvalue weighted by Gasteiger charge is 2.53. The minimum atomic E-state index is -0.772. The molecule has 2 amide bonds. The van der Waals surface area contributed by atoms with Gasteiger partial charge in [-0.25, -0.2) is 9.48 Å². The number of aliphatic carboxylic acids is 1. The minimum absolute atomic E-state index is 0.114. The zero-order chi connectivity index (χ0) is 19.6.